The van der Waals surface area contributed by atoms with Gasteiger partial charge in [-0.15, -0.1) is 0 Å². The van der Waals surface area contributed by atoms with Gasteiger partial charge in [0.15, 0.2) is 6.61 Å². The second kappa shape index (κ2) is 9.61. The molecule has 0 aromatic heterocycles. The van der Waals surface area contributed by atoms with E-state index in [1.807, 2.05) is 49.4 Å². The van der Waals surface area contributed by atoms with Crippen molar-refractivity contribution in [3.8, 4) is 5.75 Å². The molecule has 0 aliphatic heterocycles. The summed E-state index contributed by atoms with van der Waals surface area (Å²) in [6.45, 7) is 6.75. The van der Waals surface area contributed by atoms with E-state index in [1.165, 1.54) is 11.1 Å². The smallest absolute Gasteiger partial charge is 0.262 e. The van der Waals surface area contributed by atoms with Crippen molar-refractivity contribution in [2.24, 2.45) is 0 Å². The third-order valence-corrected chi connectivity index (χ3v) is 5.20. The number of hydrogen-bond donors (Lipinski definition) is 2. The summed E-state index contributed by atoms with van der Waals surface area (Å²) < 4.78 is 6.77. The molecular formula is C24H25BrN2O2. The summed E-state index contributed by atoms with van der Waals surface area (Å²) in [4.78, 5) is 12.2. The first-order valence-electron chi connectivity index (χ1n) is 9.49. The number of anilines is 2. The molecule has 0 aliphatic rings. The number of nitrogens with one attached hydrogen (secondary N) is 2. The second-order valence-electron chi connectivity index (χ2n) is 7.11. The second-order valence-corrected chi connectivity index (χ2v) is 8.02. The van der Waals surface area contributed by atoms with Gasteiger partial charge in [-0.1, -0.05) is 39.7 Å². The van der Waals surface area contributed by atoms with Crippen LogP contribution < -0.4 is 15.4 Å². The van der Waals surface area contributed by atoms with Gasteiger partial charge in [-0.25, -0.2) is 0 Å². The van der Waals surface area contributed by atoms with Crippen LogP contribution >= 0.6 is 15.9 Å². The molecule has 0 heterocycles. The Kier molecular flexibility index (Phi) is 6.94. The van der Waals surface area contributed by atoms with Crippen LogP contribution in [0.5, 0.6) is 5.75 Å². The molecule has 1 amide bonds. The number of halogens is 1. The molecule has 0 saturated carbocycles. The predicted octanol–water partition coefficient (Wildman–Crippen LogP) is 6.00. The molecule has 29 heavy (non-hydrogen) atoms. The van der Waals surface area contributed by atoms with Crippen LogP contribution in [0.3, 0.4) is 0 Å². The monoisotopic (exact) mass is 452 g/mol. The molecule has 3 aromatic rings. The van der Waals surface area contributed by atoms with E-state index in [1.54, 1.807) is 0 Å². The number of aryl methyl sites for hydroxylation is 3. The van der Waals surface area contributed by atoms with Gasteiger partial charge >= 0.3 is 0 Å². The summed E-state index contributed by atoms with van der Waals surface area (Å²) in [6, 6.07) is 19.8. The lowest BCUT2D eigenvalue weighted by Crippen LogP contribution is -2.20. The highest BCUT2D eigenvalue weighted by molar-refractivity contribution is 9.10. The van der Waals surface area contributed by atoms with Gasteiger partial charge in [-0.05, 0) is 74.4 Å². The Bertz CT molecular complexity index is 1000. The molecule has 5 heteroatoms. The summed E-state index contributed by atoms with van der Waals surface area (Å²) >= 11 is 3.51. The quantitative estimate of drug-likeness (QED) is 0.461. The maximum atomic E-state index is 12.2. The van der Waals surface area contributed by atoms with E-state index >= 15 is 0 Å². The molecule has 0 fully saturated rings. The van der Waals surface area contributed by atoms with E-state index < -0.39 is 0 Å². The molecule has 150 valence electrons. The lowest BCUT2D eigenvalue weighted by atomic mass is 10.1. The standard InChI is InChI=1S/C24H25BrN2O2/c1-16-4-8-21(9-5-16)27-24(28)15-29-23-11-7-20(25)13-19(23)14-26-22-10-6-17(2)18(3)12-22/h4-13,26H,14-15H2,1-3H3,(H,27,28). The fourth-order valence-electron chi connectivity index (χ4n) is 2.85. The van der Waals surface area contributed by atoms with Crippen molar-refractivity contribution < 1.29 is 9.53 Å². The number of benzene rings is 3. The highest BCUT2D eigenvalue weighted by atomic mass is 79.9. The normalized spacial score (nSPS) is 10.5. The molecule has 3 aromatic carbocycles. The zero-order chi connectivity index (χ0) is 20.8. The fourth-order valence-corrected chi connectivity index (χ4v) is 3.26. The van der Waals surface area contributed by atoms with Gasteiger partial charge in [0.25, 0.3) is 5.91 Å². The van der Waals surface area contributed by atoms with Crippen LogP contribution in [0.2, 0.25) is 0 Å². The van der Waals surface area contributed by atoms with E-state index in [0.717, 1.165) is 27.0 Å². The van der Waals surface area contributed by atoms with Gasteiger partial charge in [-0.2, -0.15) is 0 Å². The summed E-state index contributed by atoms with van der Waals surface area (Å²) in [7, 11) is 0. The number of hydrogen-bond acceptors (Lipinski definition) is 3. The Labute approximate surface area is 180 Å². The Morgan fingerprint density at radius 1 is 0.897 bits per heavy atom. The first-order chi connectivity index (χ1) is 13.9. The van der Waals surface area contributed by atoms with Gasteiger partial charge in [0.2, 0.25) is 0 Å². The van der Waals surface area contributed by atoms with Crippen molar-refractivity contribution in [3.05, 3.63) is 87.4 Å². The van der Waals surface area contributed by atoms with Gasteiger partial charge < -0.3 is 15.4 Å². The van der Waals surface area contributed by atoms with E-state index in [-0.39, 0.29) is 12.5 Å². The first-order valence-corrected chi connectivity index (χ1v) is 10.3. The van der Waals surface area contributed by atoms with Crippen LogP contribution in [-0.2, 0) is 11.3 Å². The SMILES string of the molecule is Cc1ccc(NC(=O)COc2ccc(Br)cc2CNc2ccc(C)c(C)c2)cc1. The average molecular weight is 453 g/mol. The molecule has 0 bridgehead atoms. The summed E-state index contributed by atoms with van der Waals surface area (Å²) in [5.74, 6) is 0.494. The van der Waals surface area contributed by atoms with Crippen LogP contribution in [0, 0.1) is 20.8 Å². The molecular weight excluding hydrogens is 428 g/mol. The minimum absolute atomic E-state index is 0.0495. The van der Waals surface area contributed by atoms with Crippen molar-refractivity contribution in [2.75, 3.05) is 17.2 Å². The van der Waals surface area contributed by atoms with E-state index in [2.05, 4.69) is 58.6 Å². The van der Waals surface area contributed by atoms with Crippen molar-refractivity contribution in [2.45, 2.75) is 27.3 Å². The Morgan fingerprint density at radius 3 is 2.34 bits per heavy atom. The predicted molar refractivity (Wildman–Crippen MR) is 123 cm³/mol. The molecule has 0 radical (unpaired) electrons. The van der Waals surface area contributed by atoms with Crippen LogP contribution in [0.25, 0.3) is 0 Å². The van der Waals surface area contributed by atoms with Gasteiger partial charge in [-0.3, -0.25) is 4.79 Å². The number of ether oxygens (including phenoxy) is 1. The van der Waals surface area contributed by atoms with E-state index in [4.69, 9.17) is 4.74 Å². The highest BCUT2D eigenvalue weighted by Crippen LogP contribution is 2.25. The van der Waals surface area contributed by atoms with Crippen molar-refractivity contribution >= 4 is 33.2 Å². The van der Waals surface area contributed by atoms with E-state index in [9.17, 15) is 4.79 Å². The van der Waals surface area contributed by atoms with E-state index in [0.29, 0.717) is 12.3 Å². The topological polar surface area (TPSA) is 50.4 Å². The number of rotatable bonds is 7. The summed E-state index contributed by atoms with van der Waals surface area (Å²) in [6.07, 6.45) is 0. The molecule has 0 atom stereocenters. The minimum Gasteiger partial charge on any atom is -0.483 e. The van der Waals surface area contributed by atoms with Crippen molar-refractivity contribution in [3.63, 3.8) is 0 Å². The minimum atomic E-state index is -0.190. The third-order valence-electron chi connectivity index (χ3n) is 4.71. The van der Waals surface area contributed by atoms with Gasteiger partial charge in [0, 0.05) is 28.0 Å². The molecule has 0 unspecified atom stereocenters. The number of carbonyl (C=O) groups is 1. The molecule has 4 nitrogen and oxygen atoms in total. The van der Waals surface area contributed by atoms with Gasteiger partial charge in [0.1, 0.15) is 5.75 Å². The zero-order valence-corrected chi connectivity index (χ0v) is 18.5. The van der Waals surface area contributed by atoms with Crippen molar-refractivity contribution in [1.82, 2.24) is 0 Å². The Balaban J connectivity index is 1.62. The Hall–Kier alpha value is -2.79. The zero-order valence-electron chi connectivity index (χ0n) is 16.9. The van der Waals surface area contributed by atoms with Crippen LogP contribution in [-0.4, -0.2) is 12.5 Å². The maximum absolute atomic E-state index is 12.2. The maximum Gasteiger partial charge on any atom is 0.262 e. The first kappa shape index (κ1) is 20.9. The van der Waals surface area contributed by atoms with Crippen LogP contribution in [0.15, 0.2) is 65.1 Å². The third kappa shape index (κ3) is 6.09. The molecule has 0 saturated heterocycles. The fraction of sp³-hybridized carbons (Fsp3) is 0.208. The average Bonchev–Trinajstić information content (AvgIpc) is 2.70. The highest BCUT2D eigenvalue weighted by Gasteiger charge is 2.09. The molecule has 3 rings (SSSR count). The van der Waals surface area contributed by atoms with Crippen LogP contribution in [0.4, 0.5) is 11.4 Å². The molecule has 2 N–H and O–H groups in total. The summed E-state index contributed by atoms with van der Waals surface area (Å²) in [5.41, 5.74) is 6.44. The van der Waals surface area contributed by atoms with Gasteiger partial charge in [0.05, 0.1) is 0 Å². The molecule has 0 spiro atoms. The van der Waals surface area contributed by atoms with Crippen LogP contribution in [0.1, 0.15) is 22.3 Å². The summed E-state index contributed by atoms with van der Waals surface area (Å²) in [5, 5.41) is 6.28. The lowest BCUT2D eigenvalue weighted by molar-refractivity contribution is -0.118. The van der Waals surface area contributed by atoms with Crippen molar-refractivity contribution in [1.29, 1.82) is 0 Å². The Morgan fingerprint density at radius 2 is 1.62 bits per heavy atom. The number of amides is 1. The molecule has 0 aliphatic carbocycles. The lowest BCUT2D eigenvalue weighted by Gasteiger charge is -2.14. The number of carbonyl (C=O) groups excluding carboxylic acids is 1. The largest absolute Gasteiger partial charge is 0.483 e.